The molecule has 1 aromatic heterocycles. The number of halogens is 3. The Morgan fingerprint density at radius 3 is 2.90 bits per heavy atom. The fourth-order valence-corrected chi connectivity index (χ4v) is 2.11. The van der Waals surface area contributed by atoms with Gasteiger partial charge in [-0.25, -0.2) is 18.4 Å². The third kappa shape index (κ3) is 3.61. The zero-order chi connectivity index (χ0) is 14.5. The number of benzene rings is 1. The van der Waals surface area contributed by atoms with Gasteiger partial charge in [-0.05, 0) is 41.0 Å². The molecule has 0 aliphatic heterocycles. The van der Waals surface area contributed by atoms with Crippen molar-refractivity contribution in [3.8, 4) is 0 Å². The standard InChI is InChI=1S/C13H15BrF2N4/c1-2-5-17-6-12-18-8-20(19-12)7-9-11(15)4-3-10(14)13(9)16/h3-4,8,17H,2,5-7H2,1H3. The lowest BCUT2D eigenvalue weighted by molar-refractivity contribution is 0.526. The molecule has 0 aliphatic carbocycles. The Labute approximate surface area is 124 Å². The minimum atomic E-state index is -0.605. The van der Waals surface area contributed by atoms with E-state index in [1.165, 1.54) is 23.1 Å². The summed E-state index contributed by atoms with van der Waals surface area (Å²) in [6.07, 6.45) is 2.50. The number of aromatic nitrogens is 3. The number of rotatable bonds is 6. The Kier molecular flexibility index (Phi) is 5.19. The minimum absolute atomic E-state index is 0.0118. The van der Waals surface area contributed by atoms with E-state index in [9.17, 15) is 8.78 Å². The summed E-state index contributed by atoms with van der Waals surface area (Å²) in [6, 6.07) is 2.57. The van der Waals surface area contributed by atoms with E-state index in [2.05, 4.69) is 38.3 Å². The van der Waals surface area contributed by atoms with Crippen molar-refractivity contribution in [1.29, 1.82) is 0 Å². The molecule has 0 radical (unpaired) electrons. The van der Waals surface area contributed by atoms with Crippen LogP contribution in [0, 0.1) is 11.6 Å². The highest BCUT2D eigenvalue weighted by Gasteiger charge is 2.13. The molecule has 20 heavy (non-hydrogen) atoms. The summed E-state index contributed by atoms with van der Waals surface area (Å²) in [4.78, 5) is 4.10. The van der Waals surface area contributed by atoms with Crippen LogP contribution in [0.2, 0.25) is 0 Å². The van der Waals surface area contributed by atoms with Gasteiger partial charge in [0.15, 0.2) is 5.82 Å². The first-order valence-electron chi connectivity index (χ1n) is 6.33. The predicted octanol–water partition coefficient (Wildman–Crippen LogP) is 2.87. The zero-order valence-electron chi connectivity index (χ0n) is 11.0. The van der Waals surface area contributed by atoms with Gasteiger partial charge in [0.25, 0.3) is 0 Å². The van der Waals surface area contributed by atoms with Crippen molar-refractivity contribution in [3.05, 3.63) is 46.0 Å². The monoisotopic (exact) mass is 344 g/mol. The fourth-order valence-electron chi connectivity index (χ4n) is 1.74. The van der Waals surface area contributed by atoms with Crippen LogP contribution < -0.4 is 5.32 Å². The van der Waals surface area contributed by atoms with Gasteiger partial charge in [0, 0.05) is 5.56 Å². The zero-order valence-corrected chi connectivity index (χ0v) is 12.6. The van der Waals surface area contributed by atoms with E-state index in [0.29, 0.717) is 12.4 Å². The van der Waals surface area contributed by atoms with E-state index >= 15 is 0 Å². The van der Waals surface area contributed by atoms with Crippen LogP contribution in [-0.2, 0) is 13.1 Å². The Morgan fingerprint density at radius 1 is 1.35 bits per heavy atom. The van der Waals surface area contributed by atoms with E-state index in [4.69, 9.17) is 0 Å². The molecule has 1 N–H and O–H groups in total. The van der Waals surface area contributed by atoms with Gasteiger partial charge in [0.1, 0.15) is 18.0 Å². The first-order chi connectivity index (χ1) is 9.61. The highest BCUT2D eigenvalue weighted by atomic mass is 79.9. The van der Waals surface area contributed by atoms with Crippen molar-refractivity contribution in [2.24, 2.45) is 0 Å². The van der Waals surface area contributed by atoms with Gasteiger partial charge in [-0.15, -0.1) is 0 Å². The third-order valence-electron chi connectivity index (χ3n) is 2.75. The molecule has 0 atom stereocenters. The maximum absolute atomic E-state index is 13.8. The Morgan fingerprint density at radius 2 is 2.15 bits per heavy atom. The molecule has 0 aliphatic rings. The lowest BCUT2D eigenvalue weighted by Gasteiger charge is -2.06. The molecule has 2 aromatic rings. The van der Waals surface area contributed by atoms with Gasteiger partial charge in [0.05, 0.1) is 17.6 Å². The smallest absolute Gasteiger partial charge is 0.164 e. The molecule has 0 amide bonds. The summed E-state index contributed by atoms with van der Waals surface area (Å²) < 4.78 is 29.1. The summed E-state index contributed by atoms with van der Waals surface area (Å²) >= 11 is 3.04. The summed E-state index contributed by atoms with van der Waals surface area (Å²) in [7, 11) is 0. The maximum atomic E-state index is 13.8. The van der Waals surface area contributed by atoms with Gasteiger partial charge in [-0.3, -0.25) is 0 Å². The Hall–Kier alpha value is -1.34. The molecule has 4 nitrogen and oxygen atoms in total. The van der Waals surface area contributed by atoms with Crippen LogP contribution in [0.5, 0.6) is 0 Å². The highest BCUT2D eigenvalue weighted by Crippen LogP contribution is 2.22. The van der Waals surface area contributed by atoms with Crippen molar-refractivity contribution in [3.63, 3.8) is 0 Å². The molecule has 0 spiro atoms. The number of hydrogen-bond acceptors (Lipinski definition) is 3. The van der Waals surface area contributed by atoms with Crippen LogP contribution in [0.25, 0.3) is 0 Å². The average Bonchev–Trinajstić information content (AvgIpc) is 2.87. The fraction of sp³-hybridized carbons (Fsp3) is 0.385. The predicted molar refractivity (Wildman–Crippen MR) is 75.2 cm³/mol. The van der Waals surface area contributed by atoms with E-state index in [1.807, 2.05) is 0 Å². The molecule has 1 heterocycles. The van der Waals surface area contributed by atoms with Crippen LogP contribution in [0.4, 0.5) is 8.78 Å². The average molecular weight is 345 g/mol. The van der Waals surface area contributed by atoms with Gasteiger partial charge >= 0.3 is 0 Å². The molecule has 0 bridgehead atoms. The summed E-state index contributed by atoms with van der Waals surface area (Å²) in [6.45, 7) is 3.50. The molecule has 0 saturated carbocycles. The Balaban J connectivity index is 2.09. The van der Waals surface area contributed by atoms with E-state index < -0.39 is 11.6 Å². The van der Waals surface area contributed by atoms with Gasteiger partial charge in [0.2, 0.25) is 0 Å². The van der Waals surface area contributed by atoms with Crippen LogP contribution in [0.1, 0.15) is 24.7 Å². The van der Waals surface area contributed by atoms with E-state index in [-0.39, 0.29) is 16.6 Å². The summed E-state index contributed by atoms with van der Waals surface area (Å²) in [5.74, 6) is -0.590. The van der Waals surface area contributed by atoms with E-state index in [0.717, 1.165) is 13.0 Å². The molecular weight excluding hydrogens is 330 g/mol. The van der Waals surface area contributed by atoms with E-state index in [1.54, 1.807) is 0 Å². The normalized spacial score (nSPS) is 11.0. The lowest BCUT2D eigenvalue weighted by Crippen LogP contribution is -2.15. The minimum Gasteiger partial charge on any atom is -0.310 e. The molecule has 0 fully saturated rings. The number of hydrogen-bond donors (Lipinski definition) is 1. The van der Waals surface area contributed by atoms with Crippen LogP contribution >= 0.6 is 15.9 Å². The second kappa shape index (κ2) is 6.90. The van der Waals surface area contributed by atoms with Crippen molar-refractivity contribution in [2.75, 3.05) is 6.54 Å². The second-order valence-corrected chi connectivity index (χ2v) is 5.21. The summed E-state index contributed by atoms with van der Waals surface area (Å²) in [5, 5.41) is 7.35. The first-order valence-corrected chi connectivity index (χ1v) is 7.12. The second-order valence-electron chi connectivity index (χ2n) is 4.36. The van der Waals surface area contributed by atoms with Crippen molar-refractivity contribution >= 4 is 15.9 Å². The highest BCUT2D eigenvalue weighted by molar-refractivity contribution is 9.10. The lowest BCUT2D eigenvalue weighted by atomic mass is 10.2. The molecule has 2 rings (SSSR count). The topological polar surface area (TPSA) is 42.7 Å². The molecular formula is C13H15BrF2N4. The van der Waals surface area contributed by atoms with Gasteiger partial charge in [-0.2, -0.15) is 5.10 Å². The Bertz CT molecular complexity index is 586. The van der Waals surface area contributed by atoms with Crippen molar-refractivity contribution in [1.82, 2.24) is 20.1 Å². The van der Waals surface area contributed by atoms with Crippen LogP contribution in [0.3, 0.4) is 0 Å². The molecule has 0 unspecified atom stereocenters. The largest absolute Gasteiger partial charge is 0.310 e. The number of nitrogens with one attached hydrogen (secondary N) is 1. The van der Waals surface area contributed by atoms with Crippen molar-refractivity contribution in [2.45, 2.75) is 26.4 Å². The van der Waals surface area contributed by atoms with Crippen LogP contribution in [-0.4, -0.2) is 21.3 Å². The first kappa shape index (κ1) is 15.1. The molecule has 1 aromatic carbocycles. The number of nitrogens with zero attached hydrogens (tertiary/aromatic N) is 3. The SMILES string of the molecule is CCCNCc1ncn(Cc2c(F)ccc(Br)c2F)n1. The summed E-state index contributed by atoms with van der Waals surface area (Å²) in [5.41, 5.74) is -0.0302. The molecule has 7 heteroatoms. The van der Waals surface area contributed by atoms with Crippen LogP contribution in [0.15, 0.2) is 22.9 Å². The molecule has 0 saturated heterocycles. The van der Waals surface area contributed by atoms with Gasteiger partial charge in [-0.1, -0.05) is 6.92 Å². The molecule has 108 valence electrons. The maximum Gasteiger partial charge on any atom is 0.164 e. The van der Waals surface area contributed by atoms with Crippen molar-refractivity contribution < 1.29 is 8.78 Å². The third-order valence-corrected chi connectivity index (χ3v) is 3.37. The van der Waals surface area contributed by atoms with Gasteiger partial charge < -0.3 is 5.32 Å². The quantitative estimate of drug-likeness (QED) is 0.647.